The van der Waals surface area contributed by atoms with Crippen LogP contribution in [0.4, 0.5) is 0 Å². The first-order valence-corrected chi connectivity index (χ1v) is 12.4. The summed E-state index contributed by atoms with van der Waals surface area (Å²) in [4.78, 5) is 12.9. The molecule has 0 bridgehead atoms. The van der Waals surface area contributed by atoms with E-state index in [1.54, 1.807) is 13.2 Å². The van der Waals surface area contributed by atoms with Gasteiger partial charge in [-0.3, -0.25) is 0 Å². The largest absolute Gasteiger partial charge is 0.462 e. The summed E-state index contributed by atoms with van der Waals surface area (Å²) in [5.41, 5.74) is 1.82. The lowest BCUT2D eigenvalue weighted by molar-refractivity contribution is 0.0531. The van der Waals surface area contributed by atoms with Crippen LogP contribution in [0.3, 0.4) is 0 Å². The second-order valence-corrected chi connectivity index (χ2v) is 10.9. The van der Waals surface area contributed by atoms with E-state index in [1.807, 2.05) is 12.2 Å². The van der Waals surface area contributed by atoms with Crippen molar-refractivity contribution in [1.29, 1.82) is 0 Å². The number of halogens is 1. The van der Waals surface area contributed by atoms with Gasteiger partial charge < -0.3 is 4.74 Å². The van der Waals surface area contributed by atoms with E-state index in [-0.39, 0.29) is 10.9 Å². The molecule has 0 N–H and O–H groups in total. The van der Waals surface area contributed by atoms with Gasteiger partial charge in [0.1, 0.15) is 4.88 Å². The molecule has 1 aromatic heterocycles. The lowest BCUT2D eigenvalue weighted by Gasteiger charge is -2.09. The minimum absolute atomic E-state index is 0.0952. The molecule has 0 fully saturated rings. The summed E-state index contributed by atoms with van der Waals surface area (Å²) in [5, 5.41) is 0.459. The molecule has 0 saturated carbocycles. The highest BCUT2D eigenvalue weighted by Crippen LogP contribution is 2.37. The fourth-order valence-electron chi connectivity index (χ4n) is 2.71. The predicted octanol–water partition coefficient (Wildman–Crippen LogP) is 4.72. The first kappa shape index (κ1) is 20.3. The molecule has 0 spiro atoms. The maximum Gasteiger partial charge on any atom is 0.348 e. The molecule has 1 atom stereocenters. The Kier molecular flexibility index (Phi) is 6.20. The molecule has 0 saturated heterocycles. The molecule has 27 heavy (non-hydrogen) atoms. The number of allylic oxidation sites excluding steroid dienone is 1. The van der Waals surface area contributed by atoms with Crippen LogP contribution in [0.15, 0.2) is 43.2 Å². The van der Waals surface area contributed by atoms with E-state index < -0.39 is 20.7 Å². The van der Waals surface area contributed by atoms with Gasteiger partial charge in [0.15, 0.2) is 0 Å². The van der Waals surface area contributed by atoms with E-state index >= 15 is 0 Å². The van der Waals surface area contributed by atoms with Gasteiger partial charge in [-0.2, -0.15) is 8.42 Å². The number of nitrogens with zero attached hydrogens (tertiary/aromatic N) is 1. The number of carbonyl (C=O) groups is 1. The zero-order chi connectivity index (χ0) is 19.6. The van der Waals surface area contributed by atoms with Gasteiger partial charge in [-0.25, -0.2) is 4.79 Å². The zero-order valence-corrected chi connectivity index (χ0v) is 18.0. The van der Waals surface area contributed by atoms with Crippen molar-refractivity contribution in [2.75, 3.05) is 12.9 Å². The van der Waals surface area contributed by atoms with Crippen LogP contribution in [0.2, 0.25) is 5.02 Å². The summed E-state index contributed by atoms with van der Waals surface area (Å²) in [6.07, 6.45) is 7.29. The van der Waals surface area contributed by atoms with Crippen molar-refractivity contribution in [2.45, 2.75) is 28.9 Å². The second kappa shape index (κ2) is 8.26. The van der Waals surface area contributed by atoms with Crippen LogP contribution >= 0.6 is 22.9 Å². The van der Waals surface area contributed by atoms with Gasteiger partial charge in [-0.05, 0) is 66.5 Å². The summed E-state index contributed by atoms with van der Waals surface area (Å²) in [6, 6.07) is 5.91. The zero-order valence-electron chi connectivity index (χ0n) is 14.8. The quantitative estimate of drug-likeness (QED) is 0.627. The molecule has 1 aromatic carbocycles. The standard InChI is InChI=1S/C18H18ClNO4S3/c1-3-24-17(21)16-14-6-4-5-7-15(14)18(25-16)26(2)20-27(22,23)13-10-8-12(19)9-11-13/h5,7-11H,3-4,6H2,1-2H3. The Morgan fingerprint density at radius 2 is 2.04 bits per heavy atom. The summed E-state index contributed by atoms with van der Waals surface area (Å²) in [6.45, 7) is 2.06. The van der Waals surface area contributed by atoms with Crippen LogP contribution in [0.25, 0.3) is 6.08 Å². The molecule has 5 nitrogen and oxygen atoms in total. The molecule has 0 aliphatic heterocycles. The highest BCUT2D eigenvalue weighted by atomic mass is 35.5. The number of carbonyl (C=O) groups excluding carboxylic acids is 1. The van der Waals surface area contributed by atoms with E-state index in [2.05, 4.69) is 3.77 Å². The molecule has 1 aliphatic carbocycles. The van der Waals surface area contributed by atoms with Crippen molar-refractivity contribution < 1.29 is 17.9 Å². The van der Waals surface area contributed by atoms with Crippen molar-refractivity contribution in [2.24, 2.45) is 3.77 Å². The summed E-state index contributed by atoms with van der Waals surface area (Å²) in [7, 11) is -4.76. The lowest BCUT2D eigenvalue weighted by atomic mass is 10.00. The monoisotopic (exact) mass is 443 g/mol. The maximum absolute atomic E-state index is 12.6. The molecular formula is C18H18ClNO4S3. The van der Waals surface area contributed by atoms with Gasteiger partial charge in [0.05, 0.1) is 15.7 Å². The van der Waals surface area contributed by atoms with Crippen molar-refractivity contribution in [1.82, 2.24) is 0 Å². The highest BCUT2D eigenvalue weighted by Gasteiger charge is 2.25. The van der Waals surface area contributed by atoms with Gasteiger partial charge in [0.25, 0.3) is 10.0 Å². The number of ether oxygens (including phenoxy) is 1. The molecule has 1 heterocycles. The number of thiophene rings is 1. The van der Waals surface area contributed by atoms with Crippen LogP contribution in [0.5, 0.6) is 0 Å². The van der Waals surface area contributed by atoms with E-state index in [1.165, 1.54) is 35.6 Å². The number of hydrogen-bond acceptors (Lipinski definition) is 5. The number of esters is 1. The number of hydrogen-bond donors (Lipinski definition) is 0. The van der Waals surface area contributed by atoms with Crippen LogP contribution in [0, 0.1) is 0 Å². The van der Waals surface area contributed by atoms with Crippen molar-refractivity contribution in [3.8, 4) is 0 Å². The van der Waals surface area contributed by atoms with Gasteiger partial charge >= 0.3 is 5.97 Å². The first-order valence-electron chi connectivity index (χ1n) is 8.22. The van der Waals surface area contributed by atoms with Crippen LogP contribution in [-0.4, -0.2) is 27.2 Å². The lowest BCUT2D eigenvalue weighted by Crippen LogP contribution is -2.06. The number of rotatable bonds is 5. The summed E-state index contributed by atoms with van der Waals surface area (Å²) in [5.74, 6) is -0.363. The Morgan fingerprint density at radius 1 is 1.33 bits per heavy atom. The second-order valence-electron chi connectivity index (χ2n) is 5.75. The van der Waals surface area contributed by atoms with Crippen molar-refractivity contribution in [3.05, 3.63) is 51.4 Å². The van der Waals surface area contributed by atoms with Gasteiger partial charge in [-0.1, -0.05) is 23.8 Å². The van der Waals surface area contributed by atoms with E-state index in [0.29, 0.717) is 16.5 Å². The molecule has 0 amide bonds. The molecule has 2 aromatic rings. The predicted molar refractivity (Wildman–Crippen MR) is 110 cm³/mol. The van der Waals surface area contributed by atoms with Gasteiger partial charge in [0.2, 0.25) is 0 Å². The Hall–Kier alpha value is -1.48. The van der Waals surface area contributed by atoms with Crippen molar-refractivity contribution in [3.63, 3.8) is 0 Å². The van der Waals surface area contributed by atoms with Crippen molar-refractivity contribution >= 4 is 55.7 Å². The van der Waals surface area contributed by atoms with E-state index in [0.717, 1.165) is 28.2 Å². The Bertz CT molecular complexity index is 1040. The Labute approximate surface area is 170 Å². The molecule has 0 radical (unpaired) electrons. The van der Waals surface area contributed by atoms with Crippen LogP contribution < -0.4 is 0 Å². The smallest absolute Gasteiger partial charge is 0.348 e. The fraction of sp³-hybridized carbons (Fsp3) is 0.278. The summed E-state index contributed by atoms with van der Waals surface area (Å²) >= 11 is 7.10. The third kappa shape index (κ3) is 4.34. The minimum atomic E-state index is -3.83. The highest BCUT2D eigenvalue weighted by molar-refractivity contribution is 8.00. The third-order valence-electron chi connectivity index (χ3n) is 3.91. The van der Waals surface area contributed by atoms with Crippen LogP contribution in [-0.2, 0) is 31.9 Å². The van der Waals surface area contributed by atoms with Gasteiger partial charge in [0, 0.05) is 10.6 Å². The molecular weight excluding hydrogens is 426 g/mol. The van der Waals surface area contributed by atoms with E-state index in [4.69, 9.17) is 16.3 Å². The van der Waals surface area contributed by atoms with E-state index in [9.17, 15) is 13.2 Å². The Balaban J connectivity index is 2.05. The number of sulfonamides is 1. The first-order chi connectivity index (χ1) is 12.8. The SMILES string of the molecule is CCOC(=O)c1sc(S(C)=NS(=O)(=O)c2ccc(Cl)cc2)c2c1CCC=C2. The molecule has 3 rings (SSSR count). The summed E-state index contributed by atoms with van der Waals surface area (Å²) < 4.78 is 35.3. The average molecular weight is 444 g/mol. The topological polar surface area (TPSA) is 72.8 Å². The minimum Gasteiger partial charge on any atom is -0.462 e. The average Bonchev–Trinajstić information content (AvgIpc) is 3.02. The normalized spacial score (nSPS) is 14.8. The van der Waals surface area contributed by atoms with Gasteiger partial charge in [-0.15, -0.1) is 15.1 Å². The molecule has 9 heteroatoms. The number of fused-ring (bicyclic) bond motifs is 1. The third-order valence-corrected chi connectivity index (χ3v) is 9.46. The maximum atomic E-state index is 12.6. The fourth-order valence-corrected chi connectivity index (χ4v) is 7.59. The Morgan fingerprint density at radius 3 is 2.70 bits per heavy atom. The van der Waals surface area contributed by atoms with Crippen LogP contribution in [0.1, 0.15) is 34.1 Å². The molecule has 1 aliphatic rings. The molecule has 144 valence electrons. The molecule has 1 unspecified atom stereocenters. The number of benzene rings is 1.